The summed E-state index contributed by atoms with van der Waals surface area (Å²) in [6, 6.07) is 21.3. The Kier molecular flexibility index (Phi) is 5.78. The summed E-state index contributed by atoms with van der Waals surface area (Å²) in [5.41, 5.74) is 2.61. The van der Waals surface area contributed by atoms with Crippen molar-refractivity contribution in [2.75, 3.05) is 24.5 Å². The molecule has 3 rings (SSSR count). The molecule has 0 saturated heterocycles. The van der Waals surface area contributed by atoms with E-state index >= 15 is 0 Å². The molecule has 0 spiro atoms. The summed E-state index contributed by atoms with van der Waals surface area (Å²) in [5, 5.41) is 2.31. The van der Waals surface area contributed by atoms with Crippen molar-refractivity contribution in [2.45, 2.75) is 6.54 Å². The van der Waals surface area contributed by atoms with Crippen molar-refractivity contribution in [3.8, 4) is 0 Å². The lowest BCUT2D eigenvalue weighted by Gasteiger charge is -2.22. The first-order chi connectivity index (χ1) is 9.92. The van der Waals surface area contributed by atoms with Crippen molar-refractivity contribution in [2.24, 2.45) is 0 Å². The van der Waals surface area contributed by atoms with Gasteiger partial charge in [-0.05, 0) is 17.7 Å². The fourth-order valence-corrected chi connectivity index (χ4v) is 2.56. The molecule has 4 heteroatoms. The minimum absolute atomic E-state index is 0. The van der Waals surface area contributed by atoms with Crippen LogP contribution in [0.2, 0.25) is 0 Å². The van der Waals surface area contributed by atoms with E-state index in [-0.39, 0.29) is 12.4 Å². The molecule has 0 aliphatic carbocycles. The molecule has 0 fully saturated rings. The Bertz CT molecular complexity index is 569. The van der Waals surface area contributed by atoms with Crippen LogP contribution in [-0.2, 0) is 6.54 Å². The molecule has 1 aliphatic rings. The zero-order chi connectivity index (χ0) is 13.6. The Labute approximate surface area is 132 Å². The van der Waals surface area contributed by atoms with Crippen LogP contribution in [-0.4, -0.2) is 25.5 Å². The van der Waals surface area contributed by atoms with Gasteiger partial charge in [0, 0.05) is 12.2 Å². The van der Waals surface area contributed by atoms with E-state index in [2.05, 4.69) is 75.9 Å². The molecule has 0 unspecified atom stereocenters. The van der Waals surface area contributed by atoms with Crippen LogP contribution in [0, 0.1) is 0 Å². The maximum atomic E-state index is 3.46. The van der Waals surface area contributed by atoms with E-state index in [4.69, 9.17) is 0 Å². The maximum Gasteiger partial charge on any atom is 0.353 e. The minimum Gasteiger partial charge on any atom is -1.00 e. The summed E-state index contributed by atoms with van der Waals surface area (Å²) in [5.74, 6) is 1.34. The third kappa shape index (κ3) is 4.31. The number of hydrogen-bond donors (Lipinski definition) is 2. The number of hydrogen-bond acceptors (Lipinski definition) is 1. The van der Waals surface area contributed by atoms with E-state index in [0.717, 1.165) is 26.2 Å². The normalized spacial score (nSPS) is 13.4. The van der Waals surface area contributed by atoms with Gasteiger partial charge in [-0.3, -0.25) is 5.32 Å². The van der Waals surface area contributed by atoms with Crippen LogP contribution < -0.4 is 27.6 Å². The molecule has 3 nitrogen and oxygen atoms in total. The standard InChI is InChI=1S/C17H19N3.ClH/c1-3-7-15(8-4-1)13-20(14-17-18-11-12-19-17)16-9-5-2-6-10-16;/h1-10H,11-14H2,(H,18,19);1H/p+1. The summed E-state index contributed by atoms with van der Waals surface area (Å²) in [7, 11) is 0. The number of anilines is 1. The lowest BCUT2D eigenvalue weighted by Crippen LogP contribution is -3.00. The third-order valence-electron chi connectivity index (χ3n) is 3.59. The van der Waals surface area contributed by atoms with Crippen molar-refractivity contribution in [1.82, 2.24) is 0 Å². The zero-order valence-electron chi connectivity index (χ0n) is 12.0. The summed E-state index contributed by atoms with van der Waals surface area (Å²) < 4.78 is 0. The lowest BCUT2D eigenvalue weighted by atomic mass is 10.2. The molecule has 21 heavy (non-hydrogen) atoms. The van der Waals surface area contributed by atoms with Crippen LogP contribution in [0.1, 0.15) is 5.56 Å². The number of benzene rings is 2. The molecular formula is C17H21ClN3+. The Morgan fingerprint density at radius 3 is 2.19 bits per heavy atom. The van der Waals surface area contributed by atoms with E-state index in [1.54, 1.807) is 0 Å². The van der Waals surface area contributed by atoms with Crippen LogP contribution in [0.15, 0.2) is 60.7 Å². The van der Waals surface area contributed by atoms with Gasteiger partial charge in [-0.25, -0.2) is 0 Å². The summed E-state index contributed by atoms with van der Waals surface area (Å²) in [4.78, 5) is 5.88. The topological polar surface area (TPSA) is 33.8 Å². The average molecular weight is 303 g/mol. The molecule has 0 saturated carbocycles. The molecule has 0 bridgehead atoms. The first-order valence-corrected chi connectivity index (χ1v) is 7.19. The van der Waals surface area contributed by atoms with Gasteiger partial charge in [0.15, 0.2) is 13.1 Å². The smallest absolute Gasteiger partial charge is 0.353 e. The van der Waals surface area contributed by atoms with Crippen LogP contribution >= 0.6 is 0 Å². The van der Waals surface area contributed by atoms with Gasteiger partial charge in [0.2, 0.25) is 0 Å². The average Bonchev–Trinajstić information content (AvgIpc) is 3.02. The van der Waals surface area contributed by atoms with E-state index in [1.165, 1.54) is 17.1 Å². The molecule has 0 aromatic heterocycles. The van der Waals surface area contributed by atoms with Gasteiger partial charge in [-0.15, -0.1) is 0 Å². The molecule has 0 radical (unpaired) electrons. The number of nitrogens with one attached hydrogen (secondary N) is 1. The minimum atomic E-state index is 0. The quantitative estimate of drug-likeness (QED) is 0.598. The van der Waals surface area contributed by atoms with Crippen LogP contribution in [0.5, 0.6) is 0 Å². The first kappa shape index (κ1) is 15.5. The monoisotopic (exact) mass is 302 g/mol. The van der Waals surface area contributed by atoms with Crippen molar-refractivity contribution < 1.29 is 22.7 Å². The summed E-state index contributed by atoms with van der Waals surface area (Å²) in [6.45, 7) is 4.09. The number of nitrogens with zero attached hydrogens (tertiary/aromatic N) is 1. The highest BCUT2D eigenvalue weighted by Gasteiger charge is 2.21. The number of halogens is 1. The maximum absolute atomic E-state index is 3.46. The SMILES string of the molecule is [Cl-].c1ccc(CN(CC2=[NH+]CC[NH2+]2)c2ccccc2)cc1. The predicted molar refractivity (Wildman–Crippen MR) is 81.6 cm³/mol. The Hall–Kier alpha value is -1.84. The summed E-state index contributed by atoms with van der Waals surface area (Å²) >= 11 is 0. The number of nitrogens with two attached hydrogens (primary N) is 1. The largest absolute Gasteiger partial charge is 1.00 e. The molecule has 0 atom stereocenters. The van der Waals surface area contributed by atoms with Crippen LogP contribution in [0.4, 0.5) is 5.69 Å². The van der Waals surface area contributed by atoms with Gasteiger partial charge in [-0.1, -0.05) is 48.5 Å². The number of para-hydroxylation sites is 1. The fourth-order valence-electron chi connectivity index (χ4n) is 2.56. The Morgan fingerprint density at radius 2 is 1.57 bits per heavy atom. The Balaban J connectivity index is 0.00000161. The number of quaternary nitrogens is 1. The molecule has 110 valence electrons. The van der Waals surface area contributed by atoms with Gasteiger partial charge < -0.3 is 17.3 Å². The van der Waals surface area contributed by atoms with E-state index in [9.17, 15) is 0 Å². The molecule has 3 N–H and O–H groups in total. The first-order valence-electron chi connectivity index (χ1n) is 7.19. The molecule has 2 aromatic carbocycles. The Morgan fingerprint density at radius 1 is 0.905 bits per heavy atom. The number of amidine groups is 1. The summed E-state index contributed by atoms with van der Waals surface area (Å²) in [6.07, 6.45) is 0. The van der Waals surface area contributed by atoms with Crippen molar-refractivity contribution in [3.63, 3.8) is 0 Å². The predicted octanol–water partition coefficient (Wildman–Crippen LogP) is -3.25. The lowest BCUT2D eigenvalue weighted by molar-refractivity contribution is -0.537. The van der Waals surface area contributed by atoms with Gasteiger partial charge in [0.25, 0.3) is 0 Å². The van der Waals surface area contributed by atoms with E-state index in [1.807, 2.05) is 0 Å². The van der Waals surface area contributed by atoms with Crippen molar-refractivity contribution in [3.05, 3.63) is 66.2 Å². The second-order valence-corrected chi connectivity index (χ2v) is 5.12. The second kappa shape index (κ2) is 7.81. The zero-order valence-corrected chi connectivity index (χ0v) is 12.8. The van der Waals surface area contributed by atoms with Crippen LogP contribution in [0.3, 0.4) is 0 Å². The van der Waals surface area contributed by atoms with Crippen LogP contribution in [0.25, 0.3) is 0 Å². The van der Waals surface area contributed by atoms with Gasteiger partial charge in [0.1, 0.15) is 6.54 Å². The molecule has 1 heterocycles. The highest BCUT2D eigenvalue weighted by Crippen LogP contribution is 2.16. The molecular weight excluding hydrogens is 282 g/mol. The second-order valence-electron chi connectivity index (χ2n) is 5.12. The highest BCUT2D eigenvalue weighted by molar-refractivity contribution is 5.73. The van der Waals surface area contributed by atoms with Gasteiger partial charge >= 0.3 is 5.84 Å². The van der Waals surface area contributed by atoms with E-state index < -0.39 is 0 Å². The van der Waals surface area contributed by atoms with Crippen molar-refractivity contribution in [1.29, 1.82) is 0 Å². The third-order valence-corrected chi connectivity index (χ3v) is 3.59. The van der Waals surface area contributed by atoms with Crippen molar-refractivity contribution >= 4 is 11.5 Å². The van der Waals surface area contributed by atoms with E-state index in [0.29, 0.717) is 0 Å². The number of rotatable bonds is 5. The molecule has 0 amide bonds. The van der Waals surface area contributed by atoms with Gasteiger partial charge in [0.05, 0.1) is 0 Å². The molecule has 2 aromatic rings. The molecule has 1 aliphatic heterocycles. The highest BCUT2D eigenvalue weighted by atomic mass is 35.5. The fraction of sp³-hybridized carbons (Fsp3) is 0.235. The van der Waals surface area contributed by atoms with Gasteiger partial charge in [-0.2, -0.15) is 4.99 Å².